The van der Waals surface area contributed by atoms with E-state index >= 15 is 0 Å². The third-order valence-corrected chi connectivity index (χ3v) is 2.90. The van der Waals surface area contributed by atoms with Gasteiger partial charge in [-0.15, -0.1) is 0 Å². The summed E-state index contributed by atoms with van der Waals surface area (Å²) in [6.45, 7) is 5.55. The summed E-state index contributed by atoms with van der Waals surface area (Å²) in [7, 11) is 1.83. The Hall–Kier alpha value is -2.11. The molecule has 0 aliphatic carbocycles. The average Bonchev–Trinajstić information content (AvgIpc) is 2.76. The Bertz CT molecular complexity index is 544. The van der Waals surface area contributed by atoms with E-state index in [0.717, 1.165) is 17.0 Å². The number of anilines is 1. The van der Waals surface area contributed by atoms with Crippen LogP contribution in [-0.2, 0) is 18.3 Å². The number of hydrogen-bond donors (Lipinski definition) is 1. The Balaban J connectivity index is 2.05. The Labute approximate surface area is 105 Å². The minimum absolute atomic E-state index is 0.123. The first-order chi connectivity index (χ1) is 8.47. The van der Waals surface area contributed by atoms with Crippen LogP contribution in [-0.4, -0.2) is 20.8 Å². The van der Waals surface area contributed by atoms with E-state index in [4.69, 9.17) is 4.52 Å². The smallest absolute Gasteiger partial charge is 0.230 e. The highest BCUT2D eigenvalue weighted by Crippen LogP contribution is 2.14. The summed E-state index contributed by atoms with van der Waals surface area (Å²) in [5.74, 6) is 1.12. The molecule has 0 radical (unpaired) electrons. The van der Waals surface area contributed by atoms with E-state index < -0.39 is 0 Å². The van der Waals surface area contributed by atoms with Crippen LogP contribution in [0, 0.1) is 20.8 Å². The van der Waals surface area contributed by atoms with E-state index in [-0.39, 0.29) is 12.3 Å². The van der Waals surface area contributed by atoms with Gasteiger partial charge in [0.25, 0.3) is 0 Å². The van der Waals surface area contributed by atoms with Crippen LogP contribution in [0.4, 0.5) is 5.82 Å². The lowest BCUT2D eigenvalue weighted by Gasteiger charge is -2.01. The number of nitrogens with one attached hydrogen (secondary N) is 1. The lowest BCUT2D eigenvalue weighted by Crippen LogP contribution is -2.15. The van der Waals surface area contributed by atoms with Crippen LogP contribution in [0.2, 0.25) is 0 Å². The maximum Gasteiger partial charge on any atom is 0.230 e. The molecule has 0 aromatic carbocycles. The minimum atomic E-state index is -0.123. The number of nitrogens with zero attached hydrogens (tertiary/aromatic N) is 3. The van der Waals surface area contributed by atoms with Gasteiger partial charge in [-0.2, -0.15) is 5.10 Å². The van der Waals surface area contributed by atoms with Crippen LogP contribution < -0.4 is 5.32 Å². The van der Waals surface area contributed by atoms with E-state index in [0.29, 0.717) is 11.6 Å². The van der Waals surface area contributed by atoms with Crippen LogP contribution in [0.1, 0.15) is 22.7 Å². The highest BCUT2D eigenvalue weighted by Gasteiger charge is 2.14. The fourth-order valence-corrected chi connectivity index (χ4v) is 1.72. The highest BCUT2D eigenvalue weighted by molar-refractivity contribution is 5.91. The number of amides is 1. The summed E-state index contributed by atoms with van der Waals surface area (Å²) in [5.41, 5.74) is 2.57. The Morgan fingerprint density at radius 2 is 2.17 bits per heavy atom. The summed E-state index contributed by atoms with van der Waals surface area (Å²) < 4.78 is 6.73. The van der Waals surface area contributed by atoms with Crippen molar-refractivity contribution in [1.82, 2.24) is 14.9 Å². The Kier molecular flexibility index (Phi) is 3.18. The van der Waals surface area contributed by atoms with Crippen molar-refractivity contribution in [2.24, 2.45) is 7.05 Å². The molecule has 0 atom stereocenters. The summed E-state index contributed by atoms with van der Waals surface area (Å²) in [4.78, 5) is 11.9. The molecule has 0 unspecified atom stereocenters. The molecule has 2 aromatic rings. The quantitative estimate of drug-likeness (QED) is 0.893. The van der Waals surface area contributed by atoms with Crippen molar-refractivity contribution in [3.8, 4) is 0 Å². The van der Waals surface area contributed by atoms with E-state index in [2.05, 4.69) is 15.6 Å². The molecular formula is C12H16N4O2. The molecule has 18 heavy (non-hydrogen) atoms. The standard InChI is InChI=1S/C12H16N4O2/c1-7-5-11(14-16(7)4)13-12(17)6-10-8(2)15-18-9(10)3/h5H,6H2,1-4H3,(H,13,14,17). The second-order valence-electron chi connectivity index (χ2n) is 4.32. The van der Waals surface area contributed by atoms with Gasteiger partial charge in [0, 0.05) is 24.4 Å². The SMILES string of the molecule is Cc1noc(C)c1CC(=O)Nc1cc(C)n(C)n1. The van der Waals surface area contributed by atoms with Crippen molar-refractivity contribution >= 4 is 11.7 Å². The van der Waals surface area contributed by atoms with E-state index in [9.17, 15) is 4.79 Å². The summed E-state index contributed by atoms with van der Waals surface area (Å²) in [6, 6.07) is 1.82. The zero-order valence-corrected chi connectivity index (χ0v) is 10.9. The van der Waals surface area contributed by atoms with Gasteiger partial charge >= 0.3 is 0 Å². The van der Waals surface area contributed by atoms with E-state index in [1.165, 1.54) is 0 Å². The number of aryl methyl sites for hydroxylation is 4. The fourth-order valence-electron chi connectivity index (χ4n) is 1.72. The first-order valence-electron chi connectivity index (χ1n) is 5.69. The summed E-state index contributed by atoms with van der Waals surface area (Å²) in [6.07, 6.45) is 0.247. The molecule has 2 heterocycles. The van der Waals surface area contributed by atoms with E-state index in [1.54, 1.807) is 11.6 Å². The molecule has 6 heteroatoms. The molecule has 0 aliphatic heterocycles. The molecule has 0 saturated heterocycles. The zero-order valence-electron chi connectivity index (χ0n) is 10.9. The van der Waals surface area contributed by atoms with Crippen LogP contribution in [0.25, 0.3) is 0 Å². The molecule has 2 aromatic heterocycles. The molecule has 0 bridgehead atoms. The molecule has 6 nitrogen and oxygen atoms in total. The van der Waals surface area contributed by atoms with Gasteiger partial charge in [-0.3, -0.25) is 9.48 Å². The monoisotopic (exact) mass is 248 g/mol. The van der Waals surface area contributed by atoms with Crippen molar-refractivity contribution in [1.29, 1.82) is 0 Å². The highest BCUT2D eigenvalue weighted by atomic mass is 16.5. The molecule has 0 aliphatic rings. The van der Waals surface area contributed by atoms with Gasteiger partial charge in [0.1, 0.15) is 5.76 Å². The van der Waals surface area contributed by atoms with E-state index in [1.807, 2.05) is 27.0 Å². The number of hydrogen-bond acceptors (Lipinski definition) is 4. The molecule has 2 rings (SSSR count). The normalized spacial score (nSPS) is 10.7. The number of carbonyl (C=O) groups is 1. The topological polar surface area (TPSA) is 73.0 Å². The van der Waals surface area contributed by atoms with Gasteiger partial charge < -0.3 is 9.84 Å². The van der Waals surface area contributed by atoms with Crippen molar-refractivity contribution < 1.29 is 9.32 Å². The van der Waals surface area contributed by atoms with Crippen molar-refractivity contribution in [3.63, 3.8) is 0 Å². The third-order valence-electron chi connectivity index (χ3n) is 2.90. The van der Waals surface area contributed by atoms with Gasteiger partial charge in [-0.1, -0.05) is 5.16 Å². The number of rotatable bonds is 3. The van der Waals surface area contributed by atoms with Crippen LogP contribution in [0.3, 0.4) is 0 Å². The van der Waals surface area contributed by atoms with Gasteiger partial charge in [0.15, 0.2) is 5.82 Å². The summed E-state index contributed by atoms with van der Waals surface area (Å²) in [5, 5.41) is 10.7. The van der Waals surface area contributed by atoms with Crippen molar-refractivity contribution in [2.75, 3.05) is 5.32 Å². The van der Waals surface area contributed by atoms with Gasteiger partial charge in [-0.05, 0) is 20.8 Å². The molecule has 0 saturated carbocycles. The lowest BCUT2D eigenvalue weighted by atomic mass is 10.1. The van der Waals surface area contributed by atoms with Crippen LogP contribution in [0.15, 0.2) is 10.6 Å². The molecule has 1 N–H and O–H groups in total. The van der Waals surface area contributed by atoms with Gasteiger partial charge in [-0.25, -0.2) is 0 Å². The molecular weight excluding hydrogens is 232 g/mol. The van der Waals surface area contributed by atoms with Crippen LogP contribution in [0.5, 0.6) is 0 Å². The van der Waals surface area contributed by atoms with Gasteiger partial charge in [0.05, 0.1) is 12.1 Å². The largest absolute Gasteiger partial charge is 0.361 e. The maximum absolute atomic E-state index is 11.9. The van der Waals surface area contributed by atoms with Crippen molar-refractivity contribution in [3.05, 3.63) is 28.8 Å². The first kappa shape index (κ1) is 12.3. The Morgan fingerprint density at radius 3 is 2.67 bits per heavy atom. The molecule has 0 spiro atoms. The van der Waals surface area contributed by atoms with Gasteiger partial charge in [0.2, 0.25) is 5.91 Å². The lowest BCUT2D eigenvalue weighted by molar-refractivity contribution is -0.115. The minimum Gasteiger partial charge on any atom is -0.361 e. The van der Waals surface area contributed by atoms with Crippen molar-refractivity contribution in [2.45, 2.75) is 27.2 Å². The first-order valence-corrected chi connectivity index (χ1v) is 5.69. The molecule has 0 fully saturated rings. The van der Waals surface area contributed by atoms with Crippen LogP contribution >= 0.6 is 0 Å². The third kappa shape index (κ3) is 2.42. The predicted molar refractivity (Wildman–Crippen MR) is 66.3 cm³/mol. The maximum atomic E-state index is 11.9. The zero-order chi connectivity index (χ0) is 13.3. The molecule has 1 amide bonds. The molecule has 96 valence electrons. The summed E-state index contributed by atoms with van der Waals surface area (Å²) >= 11 is 0. The number of aromatic nitrogens is 3. The number of carbonyl (C=O) groups excluding carboxylic acids is 1. The predicted octanol–water partition coefficient (Wildman–Crippen LogP) is 1.51. The second kappa shape index (κ2) is 4.64. The fraction of sp³-hybridized carbons (Fsp3) is 0.417. The average molecular weight is 248 g/mol. The second-order valence-corrected chi connectivity index (χ2v) is 4.32. The Morgan fingerprint density at radius 1 is 1.44 bits per heavy atom.